The number of ether oxygens (including phenoxy) is 1. The Bertz CT molecular complexity index is 505. The smallest absolute Gasteiger partial charge is 0.408 e. The van der Waals surface area contributed by atoms with Crippen molar-refractivity contribution in [1.82, 2.24) is 5.32 Å². The van der Waals surface area contributed by atoms with E-state index in [1.165, 1.54) is 0 Å². The lowest BCUT2D eigenvalue weighted by Gasteiger charge is -2.42. The Morgan fingerprint density at radius 2 is 2.00 bits per heavy atom. The van der Waals surface area contributed by atoms with E-state index >= 15 is 0 Å². The molecule has 0 bridgehead atoms. The van der Waals surface area contributed by atoms with Crippen LogP contribution in [0, 0.1) is 5.41 Å². The van der Waals surface area contributed by atoms with Gasteiger partial charge in [0.25, 0.3) is 0 Å². The second kappa shape index (κ2) is 7.29. The van der Waals surface area contributed by atoms with Gasteiger partial charge in [0.1, 0.15) is 12.6 Å². The van der Waals surface area contributed by atoms with Crippen molar-refractivity contribution >= 4 is 12.1 Å². The third-order valence-electron chi connectivity index (χ3n) is 4.60. The fourth-order valence-corrected chi connectivity index (χ4v) is 2.92. The first-order chi connectivity index (χ1) is 10.5. The van der Waals surface area contributed by atoms with Crippen molar-refractivity contribution in [2.24, 2.45) is 5.41 Å². The molecule has 1 aliphatic rings. The van der Waals surface area contributed by atoms with Crippen LogP contribution >= 0.6 is 0 Å². The predicted molar refractivity (Wildman–Crippen MR) is 82.4 cm³/mol. The van der Waals surface area contributed by atoms with E-state index in [9.17, 15) is 14.7 Å². The van der Waals surface area contributed by atoms with Crippen molar-refractivity contribution in [2.75, 3.05) is 0 Å². The van der Waals surface area contributed by atoms with Gasteiger partial charge in [-0.1, -0.05) is 50.1 Å². The van der Waals surface area contributed by atoms with Crippen molar-refractivity contribution < 1.29 is 19.4 Å². The number of aliphatic carboxylic acids is 1. The van der Waals surface area contributed by atoms with Gasteiger partial charge in [0.15, 0.2) is 0 Å². The zero-order valence-corrected chi connectivity index (χ0v) is 12.9. The van der Waals surface area contributed by atoms with E-state index in [2.05, 4.69) is 12.2 Å². The maximum atomic E-state index is 11.8. The zero-order valence-electron chi connectivity index (χ0n) is 12.9. The minimum absolute atomic E-state index is 0.0652. The Kier molecular flexibility index (Phi) is 5.41. The quantitative estimate of drug-likeness (QED) is 0.810. The molecule has 0 spiro atoms. The minimum Gasteiger partial charge on any atom is -0.480 e. The molecule has 1 aromatic rings. The summed E-state index contributed by atoms with van der Waals surface area (Å²) in [5.41, 5.74) is 0.934. The van der Waals surface area contributed by atoms with Crippen molar-refractivity contribution in [3.8, 4) is 0 Å². The molecule has 0 radical (unpaired) electrons. The topological polar surface area (TPSA) is 75.6 Å². The number of rotatable bonds is 7. The minimum atomic E-state index is -1.00. The normalized spacial score (nSPS) is 17.1. The molecule has 1 fully saturated rings. The number of hydrogen-bond acceptors (Lipinski definition) is 3. The standard InChI is InChI=1S/C17H23NO4/c1-2-17(9-6-10-17)11-14(15(19)20)18-16(21)22-12-13-7-4-3-5-8-13/h3-5,7-8,14H,2,6,9-12H2,1H3,(H,18,21)(H,19,20). The molecule has 120 valence electrons. The van der Waals surface area contributed by atoms with Gasteiger partial charge in [-0.05, 0) is 30.2 Å². The van der Waals surface area contributed by atoms with Gasteiger partial charge in [-0.2, -0.15) is 0 Å². The molecule has 5 nitrogen and oxygen atoms in total. The Labute approximate surface area is 130 Å². The van der Waals surface area contributed by atoms with Crippen LogP contribution < -0.4 is 5.32 Å². The second-order valence-electron chi connectivity index (χ2n) is 6.01. The zero-order chi connectivity index (χ0) is 16.0. The summed E-state index contributed by atoms with van der Waals surface area (Å²) in [6.07, 6.45) is 3.94. The Morgan fingerprint density at radius 1 is 1.32 bits per heavy atom. The number of hydrogen-bond donors (Lipinski definition) is 2. The lowest BCUT2D eigenvalue weighted by Crippen LogP contribution is -2.46. The van der Waals surface area contributed by atoms with E-state index in [1.807, 2.05) is 30.3 Å². The number of benzene rings is 1. The van der Waals surface area contributed by atoms with E-state index < -0.39 is 18.1 Å². The van der Waals surface area contributed by atoms with Gasteiger partial charge in [-0.15, -0.1) is 0 Å². The molecule has 1 amide bonds. The van der Waals surface area contributed by atoms with Crippen molar-refractivity contribution in [1.29, 1.82) is 0 Å². The Hall–Kier alpha value is -2.04. The average Bonchev–Trinajstić information content (AvgIpc) is 2.48. The molecule has 1 unspecified atom stereocenters. The second-order valence-corrected chi connectivity index (χ2v) is 6.01. The molecule has 1 aromatic carbocycles. The van der Waals surface area contributed by atoms with Crippen LogP contribution in [0.3, 0.4) is 0 Å². The lowest BCUT2D eigenvalue weighted by molar-refractivity contribution is -0.140. The lowest BCUT2D eigenvalue weighted by atomic mass is 9.64. The fraction of sp³-hybridized carbons (Fsp3) is 0.529. The third-order valence-corrected chi connectivity index (χ3v) is 4.60. The molecule has 5 heteroatoms. The number of nitrogens with one attached hydrogen (secondary N) is 1. The van der Waals surface area contributed by atoms with Crippen LogP contribution in [0.1, 0.15) is 44.6 Å². The van der Waals surface area contributed by atoms with Crippen molar-refractivity contribution in [2.45, 2.75) is 51.7 Å². The molecule has 0 saturated heterocycles. The Morgan fingerprint density at radius 3 is 2.50 bits per heavy atom. The van der Waals surface area contributed by atoms with E-state index in [-0.39, 0.29) is 12.0 Å². The molecular formula is C17H23NO4. The molecule has 2 rings (SSSR count). The van der Waals surface area contributed by atoms with Crippen LogP contribution in [0.15, 0.2) is 30.3 Å². The average molecular weight is 305 g/mol. The maximum absolute atomic E-state index is 11.8. The highest BCUT2D eigenvalue weighted by Gasteiger charge is 2.39. The van der Waals surface area contributed by atoms with E-state index in [0.717, 1.165) is 31.2 Å². The number of carbonyl (C=O) groups excluding carboxylic acids is 1. The van der Waals surface area contributed by atoms with Crippen LogP contribution in [0.25, 0.3) is 0 Å². The van der Waals surface area contributed by atoms with Crippen LogP contribution in [-0.4, -0.2) is 23.2 Å². The molecule has 0 aliphatic heterocycles. The van der Waals surface area contributed by atoms with Crippen LogP contribution in [0.4, 0.5) is 4.79 Å². The summed E-state index contributed by atoms with van der Waals surface area (Å²) in [6, 6.07) is 8.41. The first-order valence-corrected chi connectivity index (χ1v) is 7.75. The summed E-state index contributed by atoms with van der Waals surface area (Å²) in [4.78, 5) is 23.2. The van der Waals surface area contributed by atoms with Gasteiger partial charge in [0.05, 0.1) is 0 Å². The number of carboxylic acids is 1. The maximum Gasteiger partial charge on any atom is 0.408 e. The summed E-state index contributed by atoms with van der Waals surface area (Å²) < 4.78 is 5.10. The van der Waals surface area contributed by atoms with Crippen molar-refractivity contribution in [3.05, 3.63) is 35.9 Å². The number of carboxylic acid groups (broad SMARTS) is 1. The summed E-state index contributed by atoms with van der Waals surface area (Å²) in [5, 5.41) is 11.8. The monoisotopic (exact) mass is 305 g/mol. The van der Waals surface area contributed by atoms with Crippen LogP contribution in [-0.2, 0) is 16.1 Å². The molecular weight excluding hydrogens is 282 g/mol. The first kappa shape index (κ1) is 16.3. The number of amides is 1. The molecule has 0 heterocycles. The van der Waals surface area contributed by atoms with Gasteiger partial charge in [-0.25, -0.2) is 9.59 Å². The molecule has 1 aliphatic carbocycles. The van der Waals surface area contributed by atoms with Gasteiger partial charge in [0.2, 0.25) is 0 Å². The van der Waals surface area contributed by atoms with Gasteiger partial charge < -0.3 is 15.2 Å². The highest BCUT2D eigenvalue weighted by atomic mass is 16.5. The van der Waals surface area contributed by atoms with E-state index in [1.54, 1.807) is 0 Å². The third kappa shape index (κ3) is 4.23. The Balaban J connectivity index is 1.85. The molecule has 2 N–H and O–H groups in total. The summed E-state index contributed by atoms with van der Waals surface area (Å²) >= 11 is 0. The largest absolute Gasteiger partial charge is 0.480 e. The molecule has 1 atom stereocenters. The summed E-state index contributed by atoms with van der Waals surface area (Å²) in [7, 11) is 0. The van der Waals surface area contributed by atoms with E-state index in [4.69, 9.17) is 4.74 Å². The predicted octanol–water partition coefficient (Wildman–Crippen LogP) is 3.34. The van der Waals surface area contributed by atoms with E-state index in [0.29, 0.717) is 6.42 Å². The molecule has 22 heavy (non-hydrogen) atoms. The SMILES string of the molecule is CCC1(CC(NC(=O)OCc2ccccc2)C(=O)O)CCC1. The highest BCUT2D eigenvalue weighted by Crippen LogP contribution is 2.47. The molecule has 1 saturated carbocycles. The summed E-state index contributed by atoms with van der Waals surface area (Å²) in [5.74, 6) is -1.00. The highest BCUT2D eigenvalue weighted by molar-refractivity contribution is 5.79. The van der Waals surface area contributed by atoms with Gasteiger partial charge in [-0.3, -0.25) is 0 Å². The molecule has 0 aromatic heterocycles. The summed E-state index contributed by atoms with van der Waals surface area (Å²) in [6.45, 7) is 2.21. The van der Waals surface area contributed by atoms with Crippen molar-refractivity contribution in [3.63, 3.8) is 0 Å². The van der Waals surface area contributed by atoms with Gasteiger partial charge >= 0.3 is 12.1 Å². The first-order valence-electron chi connectivity index (χ1n) is 7.75. The fourth-order valence-electron chi connectivity index (χ4n) is 2.92. The number of carbonyl (C=O) groups is 2. The van der Waals surface area contributed by atoms with Crippen LogP contribution in [0.2, 0.25) is 0 Å². The number of alkyl carbamates (subject to hydrolysis) is 1. The van der Waals surface area contributed by atoms with Crippen LogP contribution in [0.5, 0.6) is 0 Å². The van der Waals surface area contributed by atoms with Gasteiger partial charge in [0, 0.05) is 0 Å².